The molecule has 0 unspecified atom stereocenters. The number of anilines is 1. The lowest BCUT2D eigenvalue weighted by Gasteiger charge is -2.17. The van der Waals surface area contributed by atoms with Crippen molar-refractivity contribution in [1.82, 2.24) is 0 Å². The minimum absolute atomic E-state index is 0.280. The van der Waals surface area contributed by atoms with Crippen LogP contribution in [0.5, 0.6) is 5.75 Å². The summed E-state index contributed by atoms with van der Waals surface area (Å²) < 4.78 is 5.56. The van der Waals surface area contributed by atoms with Crippen LogP contribution >= 0.6 is 23.2 Å². The van der Waals surface area contributed by atoms with E-state index in [9.17, 15) is 4.79 Å². The highest BCUT2D eigenvalue weighted by Crippen LogP contribution is 2.27. The van der Waals surface area contributed by atoms with Gasteiger partial charge in [-0.15, -0.1) is 0 Å². The zero-order valence-corrected chi connectivity index (χ0v) is 14.1. The van der Waals surface area contributed by atoms with Gasteiger partial charge in [-0.05, 0) is 49.7 Å². The average Bonchev–Trinajstić information content (AvgIpc) is 2.53. The summed E-state index contributed by atoms with van der Waals surface area (Å²) in [6.45, 7) is 3.44. The summed E-state index contributed by atoms with van der Waals surface area (Å²) in [5.41, 5.74) is 1.84. The second-order valence-electron chi connectivity index (χ2n) is 4.92. The van der Waals surface area contributed by atoms with E-state index in [4.69, 9.17) is 33.2 Å². The number of halogens is 2. The van der Waals surface area contributed by atoms with Gasteiger partial charge in [0.05, 0.1) is 16.7 Å². The van der Waals surface area contributed by atoms with Gasteiger partial charge in [0.2, 0.25) is 0 Å². The Kier molecular flexibility index (Phi) is 5.49. The van der Waals surface area contributed by atoms with Crippen LogP contribution in [-0.2, 0) is 4.79 Å². The molecule has 0 radical (unpaired) electrons. The molecule has 1 amide bonds. The maximum Gasteiger partial charge on any atom is 0.265 e. The van der Waals surface area contributed by atoms with Crippen LogP contribution in [0.1, 0.15) is 18.1 Å². The second kappa shape index (κ2) is 7.36. The number of ether oxygens (including phenoxy) is 1. The highest BCUT2D eigenvalue weighted by atomic mass is 35.5. The molecule has 0 aliphatic rings. The molecule has 4 nitrogen and oxygen atoms in total. The number of rotatable bonds is 4. The Balaban J connectivity index is 2.09. The van der Waals surface area contributed by atoms with Gasteiger partial charge in [0.1, 0.15) is 5.75 Å². The molecule has 0 saturated carbocycles. The molecule has 0 aliphatic heterocycles. The number of carbonyl (C=O) groups excluding carboxylic acids is 1. The van der Waals surface area contributed by atoms with Gasteiger partial charge in [-0.25, -0.2) is 0 Å². The fraction of sp³-hybridized carbons (Fsp3) is 0.176. The Morgan fingerprint density at radius 2 is 2.00 bits per heavy atom. The molecule has 0 heterocycles. The first-order valence-electron chi connectivity index (χ1n) is 6.84. The Morgan fingerprint density at radius 3 is 2.65 bits per heavy atom. The van der Waals surface area contributed by atoms with Crippen LogP contribution in [0.4, 0.5) is 5.69 Å². The van der Waals surface area contributed by atoms with Gasteiger partial charge in [-0.1, -0.05) is 29.3 Å². The van der Waals surface area contributed by atoms with Crippen molar-refractivity contribution in [3.05, 3.63) is 57.6 Å². The first-order valence-corrected chi connectivity index (χ1v) is 7.60. The van der Waals surface area contributed by atoms with E-state index < -0.39 is 6.10 Å². The van der Waals surface area contributed by atoms with Crippen molar-refractivity contribution in [1.29, 1.82) is 5.26 Å². The molecule has 0 aromatic heterocycles. The number of amides is 1. The first-order chi connectivity index (χ1) is 10.9. The summed E-state index contributed by atoms with van der Waals surface area (Å²) in [4.78, 5) is 12.2. The monoisotopic (exact) mass is 348 g/mol. The Hall–Kier alpha value is -2.22. The molecule has 0 bridgehead atoms. The van der Waals surface area contributed by atoms with Crippen LogP contribution in [-0.4, -0.2) is 12.0 Å². The SMILES string of the molecule is Cc1c(Cl)cccc1NC(=O)[C@@H](C)Oc1ccc(C#N)cc1Cl. The number of nitrogens with one attached hydrogen (secondary N) is 1. The molecule has 118 valence electrons. The lowest BCUT2D eigenvalue weighted by Crippen LogP contribution is -2.30. The Bertz CT molecular complexity index is 785. The van der Waals surface area contributed by atoms with Crippen molar-refractivity contribution in [3.63, 3.8) is 0 Å². The van der Waals surface area contributed by atoms with E-state index in [-0.39, 0.29) is 10.9 Å². The highest BCUT2D eigenvalue weighted by molar-refractivity contribution is 6.32. The number of benzene rings is 2. The Morgan fingerprint density at radius 1 is 1.26 bits per heavy atom. The molecule has 2 aromatic rings. The maximum atomic E-state index is 12.2. The third kappa shape index (κ3) is 4.16. The van der Waals surface area contributed by atoms with E-state index in [0.29, 0.717) is 22.0 Å². The smallest absolute Gasteiger partial charge is 0.265 e. The van der Waals surface area contributed by atoms with E-state index in [1.165, 1.54) is 6.07 Å². The predicted molar refractivity (Wildman–Crippen MR) is 91.1 cm³/mol. The number of nitriles is 1. The van der Waals surface area contributed by atoms with Crippen molar-refractivity contribution < 1.29 is 9.53 Å². The van der Waals surface area contributed by atoms with Gasteiger partial charge in [0, 0.05) is 10.7 Å². The number of hydrogen-bond acceptors (Lipinski definition) is 3. The van der Waals surface area contributed by atoms with Crippen LogP contribution in [0, 0.1) is 18.3 Å². The standard InChI is InChI=1S/C17H14Cl2N2O2/c1-10-13(18)4-3-5-15(10)21-17(22)11(2)23-16-7-6-12(9-20)8-14(16)19/h3-8,11H,1-2H3,(H,21,22)/t11-/m1/s1. The zero-order valence-electron chi connectivity index (χ0n) is 12.6. The van der Waals surface area contributed by atoms with Crippen molar-refractivity contribution in [2.75, 3.05) is 5.32 Å². The first kappa shape index (κ1) is 17.1. The normalized spacial score (nSPS) is 11.4. The summed E-state index contributed by atoms with van der Waals surface area (Å²) in [7, 11) is 0. The van der Waals surface area contributed by atoms with Gasteiger partial charge in [-0.2, -0.15) is 5.26 Å². The molecule has 23 heavy (non-hydrogen) atoms. The molecule has 0 spiro atoms. The molecular formula is C17H14Cl2N2O2. The maximum absolute atomic E-state index is 12.2. The number of nitrogens with zero attached hydrogens (tertiary/aromatic N) is 1. The molecule has 2 aromatic carbocycles. The van der Waals surface area contributed by atoms with E-state index in [1.54, 1.807) is 37.3 Å². The van der Waals surface area contributed by atoms with Crippen molar-refractivity contribution in [2.45, 2.75) is 20.0 Å². The molecular weight excluding hydrogens is 335 g/mol. The van der Waals surface area contributed by atoms with E-state index in [2.05, 4.69) is 5.32 Å². The molecule has 0 aliphatic carbocycles. The number of carbonyl (C=O) groups is 1. The van der Waals surface area contributed by atoms with Gasteiger partial charge < -0.3 is 10.1 Å². The van der Waals surface area contributed by atoms with Crippen LogP contribution in [0.25, 0.3) is 0 Å². The van der Waals surface area contributed by atoms with E-state index in [1.807, 2.05) is 13.0 Å². The molecule has 0 fully saturated rings. The van der Waals surface area contributed by atoms with Crippen LogP contribution in [0.15, 0.2) is 36.4 Å². The lowest BCUT2D eigenvalue weighted by molar-refractivity contribution is -0.122. The fourth-order valence-electron chi connectivity index (χ4n) is 1.89. The summed E-state index contributed by atoms with van der Waals surface area (Å²) in [6, 6.07) is 11.9. The van der Waals surface area contributed by atoms with E-state index >= 15 is 0 Å². The molecule has 0 saturated heterocycles. The minimum Gasteiger partial charge on any atom is -0.479 e. The average molecular weight is 349 g/mol. The minimum atomic E-state index is -0.765. The summed E-state index contributed by atoms with van der Waals surface area (Å²) in [5, 5.41) is 12.4. The lowest BCUT2D eigenvalue weighted by atomic mass is 10.2. The highest BCUT2D eigenvalue weighted by Gasteiger charge is 2.17. The van der Waals surface area contributed by atoms with Crippen LogP contribution in [0.2, 0.25) is 10.0 Å². The fourth-order valence-corrected chi connectivity index (χ4v) is 2.29. The molecule has 6 heteroatoms. The van der Waals surface area contributed by atoms with Gasteiger partial charge in [-0.3, -0.25) is 4.79 Å². The number of hydrogen-bond donors (Lipinski definition) is 1. The summed E-state index contributed by atoms with van der Waals surface area (Å²) >= 11 is 12.1. The van der Waals surface area contributed by atoms with Gasteiger partial charge in [0.15, 0.2) is 6.10 Å². The Labute approximate surface area is 144 Å². The third-order valence-corrected chi connectivity index (χ3v) is 3.96. The van der Waals surface area contributed by atoms with E-state index in [0.717, 1.165) is 5.56 Å². The van der Waals surface area contributed by atoms with Gasteiger partial charge >= 0.3 is 0 Å². The van der Waals surface area contributed by atoms with Crippen LogP contribution < -0.4 is 10.1 Å². The topological polar surface area (TPSA) is 62.1 Å². The van der Waals surface area contributed by atoms with Gasteiger partial charge in [0.25, 0.3) is 5.91 Å². The largest absolute Gasteiger partial charge is 0.479 e. The van der Waals surface area contributed by atoms with Crippen molar-refractivity contribution >= 4 is 34.8 Å². The molecule has 1 atom stereocenters. The van der Waals surface area contributed by atoms with Crippen LogP contribution in [0.3, 0.4) is 0 Å². The summed E-state index contributed by atoms with van der Waals surface area (Å²) in [6.07, 6.45) is -0.765. The second-order valence-corrected chi connectivity index (χ2v) is 5.73. The van der Waals surface area contributed by atoms with Crippen molar-refractivity contribution in [2.24, 2.45) is 0 Å². The predicted octanol–water partition coefficient (Wildman–Crippen LogP) is 4.58. The third-order valence-electron chi connectivity index (χ3n) is 3.26. The molecule has 2 rings (SSSR count). The zero-order chi connectivity index (χ0) is 17.0. The molecule has 1 N–H and O–H groups in total. The quantitative estimate of drug-likeness (QED) is 0.879. The summed E-state index contributed by atoms with van der Waals surface area (Å²) in [5.74, 6) is 0.0203. The van der Waals surface area contributed by atoms with Crippen molar-refractivity contribution in [3.8, 4) is 11.8 Å².